The van der Waals surface area contributed by atoms with Crippen LogP contribution in [0.25, 0.3) is 11.3 Å². The Kier molecular flexibility index (Phi) is 12.9. The summed E-state index contributed by atoms with van der Waals surface area (Å²) in [6.07, 6.45) is 16.8. The topological polar surface area (TPSA) is 22.1 Å². The highest BCUT2D eigenvalue weighted by Crippen LogP contribution is 2.23. The molecule has 32 heavy (non-hydrogen) atoms. The van der Waals surface area contributed by atoms with Crippen LogP contribution < -0.4 is 4.74 Å². The van der Waals surface area contributed by atoms with E-state index in [-0.39, 0.29) is 11.3 Å². The summed E-state index contributed by atoms with van der Waals surface area (Å²) in [7, 11) is 0. The third-order valence-electron chi connectivity index (χ3n) is 5.82. The summed E-state index contributed by atoms with van der Waals surface area (Å²) in [5, 5.41) is 0.151. The molecule has 0 aliphatic heterocycles. The monoisotopic (exact) mass is 473 g/mol. The van der Waals surface area contributed by atoms with E-state index in [4.69, 9.17) is 28.6 Å². The number of ether oxygens (including phenoxy) is 1. The minimum Gasteiger partial charge on any atom is -0.449 e. The van der Waals surface area contributed by atoms with E-state index < -0.39 is 0 Å². The van der Waals surface area contributed by atoms with Gasteiger partial charge < -0.3 is 4.74 Å². The second-order valence-electron chi connectivity index (χ2n) is 9.07. The van der Waals surface area contributed by atoms with E-state index in [1.54, 1.807) is 0 Å². The molecule has 0 saturated carbocycles. The number of alkyl halides is 1. The Hall–Kier alpha value is -1.45. The molecule has 0 radical (unpaired) electrons. The van der Waals surface area contributed by atoms with Crippen molar-refractivity contribution >= 4 is 28.9 Å². The maximum Gasteiger partial charge on any atom is 0.185 e. The van der Waals surface area contributed by atoms with Gasteiger partial charge in [0, 0.05) is 11.8 Å². The molecule has 0 spiro atoms. The van der Waals surface area contributed by atoms with Gasteiger partial charge in [0.25, 0.3) is 0 Å². The van der Waals surface area contributed by atoms with Gasteiger partial charge in [-0.15, -0.1) is 11.6 Å². The van der Waals surface area contributed by atoms with Crippen LogP contribution in [0.4, 0.5) is 0 Å². The lowest BCUT2D eigenvalue weighted by Gasteiger charge is -2.15. The van der Waals surface area contributed by atoms with Gasteiger partial charge in [0.05, 0.1) is 5.69 Å². The van der Waals surface area contributed by atoms with Gasteiger partial charge in [0.2, 0.25) is 0 Å². The van der Waals surface area contributed by atoms with Crippen molar-refractivity contribution in [2.45, 2.75) is 96.8 Å². The van der Waals surface area contributed by atoms with Crippen LogP contribution in [0.5, 0.6) is 5.75 Å². The van der Waals surface area contributed by atoms with Crippen LogP contribution in [0.1, 0.15) is 90.5 Å². The quantitative estimate of drug-likeness (QED) is 0.146. The number of nitrogens with zero attached hydrogens (tertiary/aromatic N) is 1. The third kappa shape index (κ3) is 10.0. The van der Waals surface area contributed by atoms with Crippen LogP contribution >= 0.6 is 23.8 Å². The zero-order valence-corrected chi connectivity index (χ0v) is 21.7. The predicted molar refractivity (Wildman–Crippen MR) is 143 cm³/mol. The van der Waals surface area contributed by atoms with E-state index in [1.165, 1.54) is 69.8 Å². The first-order valence-corrected chi connectivity index (χ1v) is 13.3. The lowest BCUT2D eigenvalue weighted by atomic mass is 10.0. The summed E-state index contributed by atoms with van der Waals surface area (Å²) < 4.78 is 5.73. The maximum atomic E-state index is 6.27. The zero-order chi connectivity index (χ0) is 23.2. The Labute approximate surface area is 206 Å². The first kappa shape index (κ1) is 26.8. The predicted octanol–water partition coefficient (Wildman–Crippen LogP) is 9.18. The van der Waals surface area contributed by atoms with Crippen LogP contribution in [0.2, 0.25) is 0 Å². The Morgan fingerprint density at radius 3 is 2.00 bits per heavy atom. The number of aryl methyl sites for hydroxylation is 1. The first-order chi connectivity index (χ1) is 15.5. The smallest absolute Gasteiger partial charge is 0.185 e. The molecule has 0 aliphatic carbocycles. The number of aromatic nitrogens is 1. The Bertz CT molecular complexity index is 773. The number of rotatable bonds is 15. The number of halogens is 1. The normalized spacial score (nSPS) is 12.2. The molecular weight excluding hydrogens is 434 g/mol. The zero-order valence-electron chi connectivity index (χ0n) is 20.1. The average molecular weight is 474 g/mol. The first-order valence-electron chi connectivity index (χ1n) is 12.4. The Morgan fingerprint density at radius 1 is 0.875 bits per heavy atom. The second-order valence-corrected chi connectivity index (χ2v) is 9.95. The molecule has 1 heterocycles. The molecule has 2 rings (SSSR count). The Balaban J connectivity index is 1.69. The minimum absolute atomic E-state index is 0.242. The van der Waals surface area contributed by atoms with Gasteiger partial charge in [-0.25, -0.2) is 0 Å². The molecule has 1 unspecified atom stereocenters. The van der Waals surface area contributed by atoms with Crippen molar-refractivity contribution in [3.05, 3.63) is 48.2 Å². The minimum atomic E-state index is -0.269. The summed E-state index contributed by atoms with van der Waals surface area (Å²) in [6.45, 7) is 6.34. The van der Waals surface area contributed by atoms with Crippen molar-refractivity contribution in [2.75, 3.05) is 0 Å². The summed E-state index contributed by atoms with van der Waals surface area (Å²) in [5.41, 5.74) is 3.36. The molecule has 0 saturated heterocycles. The molecule has 2 nitrogen and oxygen atoms in total. The van der Waals surface area contributed by atoms with E-state index in [1.807, 2.05) is 44.3 Å². The highest BCUT2D eigenvalue weighted by atomic mass is 35.5. The highest BCUT2D eigenvalue weighted by molar-refractivity contribution is 7.80. The number of thiocarbonyl (C=S) groups is 1. The fraction of sp³-hybridized carbons (Fsp3) is 0.571. The number of benzene rings is 1. The molecule has 0 bridgehead atoms. The van der Waals surface area contributed by atoms with Gasteiger partial charge in [-0.2, -0.15) is 0 Å². The summed E-state index contributed by atoms with van der Waals surface area (Å²) >= 11 is 11.6. The van der Waals surface area contributed by atoms with Crippen molar-refractivity contribution in [2.24, 2.45) is 5.92 Å². The second kappa shape index (κ2) is 15.4. The number of hydrogen-bond acceptors (Lipinski definition) is 3. The number of hydrogen-bond donors (Lipinski definition) is 0. The van der Waals surface area contributed by atoms with E-state index in [9.17, 15) is 0 Å². The van der Waals surface area contributed by atoms with E-state index >= 15 is 0 Å². The van der Waals surface area contributed by atoms with E-state index in [0.717, 1.165) is 17.7 Å². The standard InChI is InChI=1S/C28H40ClNOS/c1-4-5-6-7-8-9-10-11-12-13-14-23-15-20-26(30-21-23)24-16-18-25(19-17-24)31-28(32)27(29)22(2)3/h15-22,27H,4-14H2,1-3H3. The maximum absolute atomic E-state index is 6.27. The van der Waals surface area contributed by atoms with Crippen molar-refractivity contribution in [3.8, 4) is 17.0 Å². The molecular formula is C28H40ClNOS. The van der Waals surface area contributed by atoms with Gasteiger partial charge in [-0.1, -0.05) is 84.6 Å². The van der Waals surface area contributed by atoms with Gasteiger partial charge in [-0.05, 0) is 66.9 Å². The van der Waals surface area contributed by atoms with Crippen molar-refractivity contribution < 1.29 is 4.74 Å². The Morgan fingerprint density at radius 2 is 1.47 bits per heavy atom. The van der Waals surface area contributed by atoms with E-state index in [2.05, 4.69) is 24.0 Å². The molecule has 0 aliphatic rings. The van der Waals surface area contributed by atoms with Crippen LogP contribution in [-0.4, -0.2) is 15.4 Å². The summed E-state index contributed by atoms with van der Waals surface area (Å²) in [4.78, 5) is 4.67. The highest BCUT2D eigenvalue weighted by Gasteiger charge is 2.17. The number of pyridine rings is 1. The van der Waals surface area contributed by atoms with Crippen LogP contribution in [0, 0.1) is 5.92 Å². The molecule has 1 aromatic carbocycles. The summed E-state index contributed by atoms with van der Waals surface area (Å²) in [6, 6.07) is 12.2. The SMILES string of the molecule is CCCCCCCCCCCCc1ccc(-c2ccc(OC(=S)C(Cl)C(C)C)cc2)nc1. The third-order valence-corrected chi connectivity index (χ3v) is 6.99. The van der Waals surface area contributed by atoms with Crippen molar-refractivity contribution in [3.63, 3.8) is 0 Å². The fourth-order valence-corrected chi connectivity index (χ4v) is 4.11. The molecule has 1 aromatic heterocycles. The van der Waals surface area contributed by atoms with E-state index in [0.29, 0.717) is 10.8 Å². The van der Waals surface area contributed by atoms with Crippen molar-refractivity contribution in [1.82, 2.24) is 4.98 Å². The molecule has 0 amide bonds. The van der Waals surface area contributed by atoms with Gasteiger partial charge >= 0.3 is 0 Å². The molecule has 2 aromatic rings. The van der Waals surface area contributed by atoms with Crippen LogP contribution in [-0.2, 0) is 6.42 Å². The van der Waals surface area contributed by atoms with Gasteiger partial charge in [-0.3, -0.25) is 4.98 Å². The lowest BCUT2D eigenvalue weighted by molar-refractivity contribution is 0.524. The lowest BCUT2D eigenvalue weighted by Crippen LogP contribution is -2.23. The van der Waals surface area contributed by atoms with Crippen molar-refractivity contribution in [1.29, 1.82) is 0 Å². The fourth-order valence-electron chi connectivity index (χ4n) is 3.70. The van der Waals surface area contributed by atoms with Crippen LogP contribution in [0.15, 0.2) is 42.6 Å². The van der Waals surface area contributed by atoms with Gasteiger partial charge in [0.15, 0.2) is 5.05 Å². The molecule has 176 valence electrons. The van der Waals surface area contributed by atoms with Crippen LogP contribution in [0.3, 0.4) is 0 Å². The summed E-state index contributed by atoms with van der Waals surface area (Å²) in [5.74, 6) is 0.953. The number of unbranched alkanes of at least 4 members (excludes halogenated alkanes) is 9. The van der Waals surface area contributed by atoms with Gasteiger partial charge in [0.1, 0.15) is 11.1 Å². The molecule has 4 heteroatoms. The molecule has 1 atom stereocenters. The molecule has 0 fully saturated rings. The molecule has 0 N–H and O–H groups in total. The average Bonchev–Trinajstić information content (AvgIpc) is 2.80. The largest absolute Gasteiger partial charge is 0.449 e.